The molecule has 1 aromatic carbocycles. The Hall–Kier alpha value is -2.04. The highest BCUT2D eigenvalue weighted by Crippen LogP contribution is 2.25. The number of aryl methyl sites for hydroxylation is 1. The van der Waals surface area contributed by atoms with Crippen molar-refractivity contribution in [2.75, 3.05) is 5.73 Å². The van der Waals surface area contributed by atoms with Crippen LogP contribution in [-0.2, 0) is 6.42 Å². The van der Waals surface area contributed by atoms with Gasteiger partial charge in [0.05, 0.1) is 5.69 Å². The Morgan fingerprint density at radius 3 is 2.28 bits per heavy atom. The van der Waals surface area contributed by atoms with Gasteiger partial charge in [-0.3, -0.25) is 0 Å². The number of nitrogens with zero attached hydrogens (tertiary/aromatic N) is 2. The van der Waals surface area contributed by atoms with Gasteiger partial charge in [-0.25, -0.2) is 18.7 Å². The molecule has 0 aliphatic rings. The molecular formula is C13H13F2N3. The summed E-state index contributed by atoms with van der Waals surface area (Å²) >= 11 is 0. The second-order valence-electron chi connectivity index (χ2n) is 4.01. The molecule has 0 atom stereocenters. The summed E-state index contributed by atoms with van der Waals surface area (Å²) in [5, 5.41) is 0. The van der Waals surface area contributed by atoms with Crippen LogP contribution in [0.15, 0.2) is 18.2 Å². The van der Waals surface area contributed by atoms with Crippen LogP contribution in [0.3, 0.4) is 0 Å². The molecule has 18 heavy (non-hydrogen) atoms. The summed E-state index contributed by atoms with van der Waals surface area (Å²) in [6.45, 7) is 3.62. The van der Waals surface area contributed by atoms with E-state index in [0.717, 1.165) is 6.07 Å². The number of nitrogen functional groups attached to an aromatic ring is 1. The monoisotopic (exact) mass is 249 g/mol. The third-order valence-corrected chi connectivity index (χ3v) is 2.68. The van der Waals surface area contributed by atoms with Gasteiger partial charge in [-0.15, -0.1) is 0 Å². The zero-order chi connectivity index (χ0) is 13.3. The van der Waals surface area contributed by atoms with Crippen molar-refractivity contribution < 1.29 is 8.78 Å². The fraction of sp³-hybridized carbons (Fsp3) is 0.231. The second-order valence-corrected chi connectivity index (χ2v) is 4.01. The van der Waals surface area contributed by atoms with Crippen LogP contribution in [0.5, 0.6) is 0 Å². The number of halogens is 2. The smallest absolute Gasteiger partial charge is 0.131 e. The normalized spacial score (nSPS) is 10.7. The van der Waals surface area contributed by atoms with E-state index in [1.54, 1.807) is 6.92 Å². The van der Waals surface area contributed by atoms with Gasteiger partial charge in [0.2, 0.25) is 0 Å². The first-order valence-electron chi connectivity index (χ1n) is 5.60. The largest absolute Gasteiger partial charge is 0.383 e. The highest BCUT2D eigenvalue weighted by Gasteiger charge is 2.12. The van der Waals surface area contributed by atoms with E-state index in [1.165, 1.54) is 12.1 Å². The van der Waals surface area contributed by atoms with E-state index in [9.17, 15) is 8.78 Å². The van der Waals surface area contributed by atoms with Crippen molar-refractivity contribution in [1.82, 2.24) is 9.97 Å². The van der Waals surface area contributed by atoms with Crippen molar-refractivity contribution in [2.24, 2.45) is 0 Å². The summed E-state index contributed by atoms with van der Waals surface area (Å²) in [5.74, 6) is -0.390. The molecule has 0 aliphatic heterocycles. The first-order valence-corrected chi connectivity index (χ1v) is 5.60. The minimum atomic E-state index is -0.639. The molecule has 0 unspecified atom stereocenters. The van der Waals surface area contributed by atoms with E-state index in [1.807, 2.05) is 6.92 Å². The van der Waals surface area contributed by atoms with Crippen molar-refractivity contribution >= 4 is 5.82 Å². The molecule has 0 amide bonds. The van der Waals surface area contributed by atoms with Gasteiger partial charge in [0, 0.05) is 23.6 Å². The summed E-state index contributed by atoms with van der Waals surface area (Å²) in [6, 6.07) is 3.29. The molecular weight excluding hydrogens is 236 g/mol. The minimum Gasteiger partial charge on any atom is -0.383 e. The molecule has 2 rings (SSSR count). The molecule has 94 valence electrons. The molecule has 0 radical (unpaired) electrons. The predicted molar refractivity (Wildman–Crippen MR) is 65.9 cm³/mol. The highest BCUT2D eigenvalue weighted by atomic mass is 19.1. The molecule has 0 saturated carbocycles. The van der Waals surface area contributed by atoms with Crippen molar-refractivity contribution in [3.05, 3.63) is 41.2 Å². The summed E-state index contributed by atoms with van der Waals surface area (Å²) in [4.78, 5) is 8.38. The average Bonchev–Trinajstić information content (AvgIpc) is 2.31. The van der Waals surface area contributed by atoms with E-state index in [2.05, 4.69) is 9.97 Å². The lowest BCUT2D eigenvalue weighted by Gasteiger charge is -2.09. The standard InChI is InChI=1S/C13H13F2N3/c1-3-11-17-12(7(2)13(16)18-11)8-4-9(14)6-10(15)5-8/h4-6H,3H2,1-2H3,(H2,16,17,18). The molecule has 2 aromatic rings. The van der Waals surface area contributed by atoms with E-state index < -0.39 is 11.6 Å². The lowest BCUT2D eigenvalue weighted by atomic mass is 10.1. The summed E-state index contributed by atoms with van der Waals surface area (Å²) in [6.07, 6.45) is 0.606. The molecule has 5 heteroatoms. The van der Waals surface area contributed by atoms with Crippen LogP contribution in [0.4, 0.5) is 14.6 Å². The van der Waals surface area contributed by atoms with Gasteiger partial charge in [-0.1, -0.05) is 6.92 Å². The Balaban J connectivity index is 2.65. The number of hydrogen-bond donors (Lipinski definition) is 1. The third-order valence-electron chi connectivity index (χ3n) is 2.68. The van der Waals surface area contributed by atoms with Crippen LogP contribution in [0.25, 0.3) is 11.3 Å². The first kappa shape index (κ1) is 12.4. The van der Waals surface area contributed by atoms with Gasteiger partial charge in [0.1, 0.15) is 23.3 Å². The fourth-order valence-electron chi connectivity index (χ4n) is 1.71. The van der Waals surface area contributed by atoms with Crippen LogP contribution in [-0.4, -0.2) is 9.97 Å². The van der Waals surface area contributed by atoms with Gasteiger partial charge in [-0.2, -0.15) is 0 Å². The van der Waals surface area contributed by atoms with E-state index in [0.29, 0.717) is 34.9 Å². The van der Waals surface area contributed by atoms with Crippen molar-refractivity contribution in [3.63, 3.8) is 0 Å². The summed E-state index contributed by atoms with van der Waals surface area (Å²) in [5.41, 5.74) is 7.23. The summed E-state index contributed by atoms with van der Waals surface area (Å²) < 4.78 is 26.4. The molecule has 0 saturated heterocycles. The van der Waals surface area contributed by atoms with Gasteiger partial charge >= 0.3 is 0 Å². The van der Waals surface area contributed by atoms with Crippen LogP contribution >= 0.6 is 0 Å². The highest BCUT2D eigenvalue weighted by molar-refractivity contribution is 5.67. The predicted octanol–water partition coefficient (Wildman–Crippen LogP) is 2.87. The van der Waals surface area contributed by atoms with Gasteiger partial charge in [0.25, 0.3) is 0 Å². The fourth-order valence-corrected chi connectivity index (χ4v) is 1.71. The first-order chi connectivity index (χ1) is 8.51. The average molecular weight is 249 g/mol. The van der Waals surface area contributed by atoms with E-state index >= 15 is 0 Å². The number of anilines is 1. The third kappa shape index (κ3) is 2.30. The summed E-state index contributed by atoms with van der Waals surface area (Å²) in [7, 11) is 0. The van der Waals surface area contributed by atoms with E-state index in [4.69, 9.17) is 5.73 Å². The van der Waals surface area contributed by atoms with Crippen LogP contribution in [0.1, 0.15) is 18.3 Å². The molecule has 3 nitrogen and oxygen atoms in total. The maximum absolute atomic E-state index is 13.2. The Morgan fingerprint density at radius 1 is 1.11 bits per heavy atom. The Kier molecular flexibility index (Phi) is 3.23. The molecule has 0 spiro atoms. The van der Waals surface area contributed by atoms with Crippen molar-refractivity contribution in [2.45, 2.75) is 20.3 Å². The number of hydrogen-bond acceptors (Lipinski definition) is 3. The topological polar surface area (TPSA) is 51.8 Å². The quantitative estimate of drug-likeness (QED) is 0.890. The minimum absolute atomic E-state index is 0.335. The van der Waals surface area contributed by atoms with Gasteiger partial charge in [-0.05, 0) is 19.1 Å². The van der Waals surface area contributed by atoms with Crippen LogP contribution in [0.2, 0.25) is 0 Å². The number of nitrogens with two attached hydrogens (primary N) is 1. The Labute approximate surface area is 104 Å². The second kappa shape index (κ2) is 4.68. The molecule has 1 heterocycles. The lowest BCUT2D eigenvalue weighted by molar-refractivity contribution is 0.584. The lowest BCUT2D eigenvalue weighted by Crippen LogP contribution is -2.04. The molecule has 2 N–H and O–H groups in total. The van der Waals surface area contributed by atoms with E-state index in [-0.39, 0.29) is 0 Å². The Bertz CT molecular complexity index is 577. The van der Waals surface area contributed by atoms with Crippen molar-refractivity contribution in [1.29, 1.82) is 0 Å². The van der Waals surface area contributed by atoms with Gasteiger partial charge < -0.3 is 5.73 Å². The molecule has 0 aliphatic carbocycles. The Morgan fingerprint density at radius 2 is 1.72 bits per heavy atom. The molecule has 1 aromatic heterocycles. The zero-order valence-corrected chi connectivity index (χ0v) is 10.2. The van der Waals surface area contributed by atoms with Crippen molar-refractivity contribution in [3.8, 4) is 11.3 Å². The maximum Gasteiger partial charge on any atom is 0.131 e. The molecule has 0 fully saturated rings. The number of benzene rings is 1. The molecule has 0 bridgehead atoms. The van der Waals surface area contributed by atoms with Gasteiger partial charge in [0.15, 0.2) is 0 Å². The van der Waals surface area contributed by atoms with Crippen LogP contribution < -0.4 is 5.73 Å². The zero-order valence-electron chi connectivity index (χ0n) is 10.2. The SMILES string of the molecule is CCc1nc(N)c(C)c(-c2cc(F)cc(F)c2)n1. The number of aromatic nitrogens is 2. The maximum atomic E-state index is 13.2. The number of rotatable bonds is 2. The van der Waals surface area contributed by atoms with Crippen LogP contribution in [0, 0.1) is 18.6 Å².